The van der Waals surface area contributed by atoms with Crippen molar-refractivity contribution in [1.29, 1.82) is 0 Å². The number of allylic oxidation sites excluding steroid dienone is 4. The predicted octanol–water partition coefficient (Wildman–Crippen LogP) is 4.41. The first-order chi connectivity index (χ1) is 9.22. The molecule has 2 nitrogen and oxygen atoms in total. The molecule has 0 atom stereocenters. The third kappa shape index (κ3) is 2.36. The minimum atomic E-state index is -0.0875. The summed E-state index contributed by atoms with van der Waals surface area (Å²) in [6.45, 7) is 5.49. The molecule has 3 heteroatoms. The Kier molecular flexibility index (Phi) is 3.95. The van der Waals surface area contributed by atoms with Gasteiger partial charge in [0.2, 0.25) is 0 Å². The van der Waals surface area contributed by atoms with E-state index in [4.69, 9.17) is 0 Å². The first kappa shape index (κ1) is 13.3. The van der Waals surface area contributed by atoms with Crippen molar-refractivity contribution in [3.63, 3.8) is 0 Å². The third-order valence-corrected chi connectivity index (χ3v) is 3.14. The standard InChI is InChI=1S/C16H15FO2/c1-3-7-12-13-8-5-6-9-14(13)16(18)15(12)10-11(4-2)19-17/h4-6,8-10H,2-3,7H2,1H3/b11-10+. The van der Waals surface area contributed by atoms with E-state index >= 15 is 0 Å². The number of Topliss-reactive ketones (excluding diaryl/α,β-unsaturated/α-hetero) is 1. The van der Waals surface area contributed by atoms with Crippen molar-refractivity contribution in [3.8, 4) is 0 Å². The van der Waals surface area contributed by atoms with Crippen LogP contribution in [-0.4, -0.2) is 5.78 Å². The third-order valence-electron chi connectivity index (χ3n) is 3.14. The topological polar surface area (TPSA) is 26.3 Å². The molecular weight excluding hydrogens is 243 g/mol. The van der Waals surface area contributed by atoms with Gasteiger partial charge in [0.15, 0.2) is 11.5 Å². The van der Waals surface area contributed by atoms with Crippen LogP contribution in [0.4, 0.5) is 4.53 Å². The molecule has 0 fully saturated rings. The highest BCUT2D eigenvalue weighted by atomic mass is 19.3. The van der Waals surface area contributed by atoms with Gasteiger partial charge in [0, 0.05) is 15.7 Å². The molecule has 0 N–H and O–H groups in total. The molecule has 1 aliphatic rings. The molecule has 0 unspecified atom stereocenters. The van der Waals surface area contributed by atoms with Gasteiger partial charge in [-0.3, -0.25) is 9.74 Å². The molecule has 0 bridgehead atoms. The van der Waals surface area contributed by atoms with Gasteiger partial charge < -0.3 is 0 Å². The lowest BCUT2D eigenvalue weighted by Crippen LogP contribution is -1.97. The Morgan fingerprint density at radius 3 is 2.63 bits per heavy atom. The normalized spacial score (nSPS) is 14.6. The second-order valence-corrected chi connectivity index (χ2v) is 4.34. The van der Waals surface area contributed by atoms with Gasteiger partial charge in [-0.15, -0.1) is 0 Å². The van der Waals surface area contributed by atoms with Gasteiger partial charge in [-0.1, -0.05) is 44.2 Å². The predicted molar refractivity (Wildman–Crippen MR) is 73.1 cm³/mol. The van der Waals surface area contributed by atoms with Crippen LogP contribution < -0.4 is 0 Å². The van der Waals surface area contributed by atoms with Crippen molar-refractivity contribution >= 4 is 11.4 Å². The van der Waals surface area contributed by atoms with Gasteiger partial charge >= 0.3 is 0 Å². The molecule has 0 spiro atoms. The molecule has 1 aromatic carbocycles. The number of carbonyl (C=O) groups excluding carboxylic acids is 1. The number of hydrogen-bond acceptors (Lipinski definition) is 2. The summed E-state index contributed by atoms with van der Waals surface area (Å²) in [5, 5.41) is 0. The number of fused-ring (bicyclic) bond motifs is 1. The molecule has 0 amide bonds. The van der Waals surface area contributed by atoms with E-state index < -0.39 is 0 Å². The number of benzene rings is 1. The number of hydrogen-bond donors (Lipinski definition) is 0. The van der Waals surface area contributed by atoms with Crippen molar-refractivity contribution in [2.45, 2.75) is 19.8 Å². The zero-order valence-corrected chi connectivity index (χ0v) is 10.8. The molecule has 19 heavy (non-hydrogen) atoms. The van der Waals surface area contributed by atoms with Gasteiger partial charge in [0.25, 0.3) is 0 Å². The molecule has 0 aliphatic heterocycles. The van der Waals surface area contributed by atoms with E-state index in [0.717, 1.165) is 24.0 Å². The van der Waals surface area contributed by atoms with E-state index in [2.05, 4.69) is 11.5 Å². The molecular formula is C16H15FO2. The second kappa shape index (κ2) is 5.65. The largest absolute Gasteiger partial charge is 0.294 e. The maximum Gasteiger partial charge on any atom is 0.194 e. The summed E-state index contributed by atoms with van der Waals surface area (Å²) in [5.41, 5.74) is 3.04. The maximum absolute atomic E-state index is 12.3. The van der Waals surface area contributed by atoms with E-state index in [9.17, 15) is 9.32 Å². The van der Waals surface area contributed by atoms with Crippen LogP contribution in [0.15, 0.2) is 54.3 Å². The number of rotatable bonds is 5. The summed E-state index contributed by atoms with van der Waals surface area (Å²) >= 11 is 0. The van der Waals surface area contributed by atoms with Crippen LogP contribution in [-0.2, 0) is 4.94 Å². The lowest BCUT2D eigenvalue weighted by atomic mass is 10.0. The number of halogens is 1. The van der Waals surface area contributed by atoms with E-state index in [1.807, 2.05) is 25.1 Å². The van der Waals surface area contributed by atoms with E-state index in [1.165, 1.54) is 12.2 Å². The quantitative estimate of drug-likeness (QED) is 0.577. The molecule has 98 valence electrons. The SMILES string of the molecule is C=C/C(=C\C1=C(CCC)c2ccccc2C1=O)OF. The first-order valence-corrected chi connectivity index (χ1v) is 6.22. The molecule has 1 aromatic rings. The van der Waals surface area contributed by atoms with Crippen LogP contribution in [0.1, 0.15) is 35.7 Å². The zero-order chi connectivity index (χ0) is 13.8. The van der Waals surface area contributed by atoms with Gasteiger partial charge in [-0.05, 0) is 29.7 Å². The minimum Gasteiger partial charge on any atom is -0.294 e. The summed E-state index contributed by atoms with van der Waals surface area (Å²) in [4.78, 5) is 16.0. The van der Waals surface area contributed by atoms with Crippen molar-refractivity contribution in [2.75, 3.05) is 0 Å². The summed E-state index contributed by atoms with van der Waals surface area (Å²) in [6, 6.07) is 7.43. The highest BCUT2D eigenvalue weighted by Crippen LogP contribution is 2.36. The fourth-order valence-corrected chi connectivity index (χ4v) is 2.30. The van der Waals surface area contributed by atoms with Crippen molar-refractivity contribution in [1.82, 2.24) is 0 Å². The minimum absolute atomic E-state index is 0.0511. The molecule has 2 rings (SSSR count). The lowest BCUT2D eigenvalue weighted by Gasteiger charge is -2.03. The monoisotopic (exact) mass is 258 g/mol. The van der Waals surface area contributed by atoms with Crippen LogP contribution in [0.2, 0.25) is 0 Å². The van der Waals surface area contributed by atoms with Crippen LogP contribution in [0.5, 0.6) is 0 Å². The molecule has 0 saturated heterocycles. The van der Waals surface area contributed by atoms with E-state index in [1.54, 1.807) is 6.07 Å². The van der Waals surface area contributed by atoms with Gasteiger partial charge in [-0.2, -0.15) is 0 Å². The lowest BCUT2D eigenvalue weighted by molar-refractivity contribution is -0.0765. The van der Waals surface area contributed by atoms with Crippen molar-refractivity contribution < 1.29 is 14.3 Å². The Morgan fingerprint density at radius 1 is 1.37 bits per heavy atom. The van der Waals surface area contributed by atoms with Crippen LogP contribution in [0.25, 0.3) is 5.57 Å². The van der Waals surface area contributed by atoms with Crippen LogP contribution in [0.3, 0.4) is 0 Å². The fourth-order valence-electron chi connectivity index (χ4n) is 2.30. The molecule has 0 aromatic heterocycles. The van der Waals surface area contributed by atoms with Crippen molar-refractivity contribution in [2.24, 2.45) is 0 Å². The second-order valence-electron chi connectivity index (χ2n) is 4.34. The average molecular weight is 258 g/mol. The zero-order valence-electron chi connectivity index (χ0n) is 10.8. The number of carbonyl (C=O) groups is 1. The Morgan fingerprint density at radius 2 is 2.05 bits per heavy atom. The van der Waals surface area contributed by atoms with Crippen LogP contribution in [0, 0.1) is 0 Å². The Labute approximate surface area is 111 Å². The summed E-state index contributed by atoms with van der Waals surface area (Å²) in [7, 11) is 0. The molecule has 0 heterocycles. The molecule has 1 aliphatic carbocycles. The summed E-state index contributed by atoms with van der Waals surface area (Å²) in [5.74, 6) is -0.139. The number of ketones is 1. The van der Waals surface area contributed by atoms with Gasteiger partial charge in [0.1, 0.15) is 0 Å². The Bertz CT molecular complexity index is 582. The highest BCUT2D eigenvalue weighted by Gasteiger charge is 2.27. The van der Waals surface area contributed by atoms with Crippen LogP contribution >= 0.6 is 0 Å². The maximum atomic E-state index is 12.3. The Balaban J connectivity index is 2.56. The fraction of sp³-hybridized carbons (Fsp3) is 0.188. The van der Waals surface area contributed by atoms with E-state index in [-0.39, 0.29) is 11.5 Å². The smallest absolute Gasteiger partial charge is 0.194 e. The summed E-state index contributed by atoms with van der Waals surface area (Å²) in [6.07, 6.45) is 4.34. The van der Waals surface area contributed by atoms with Crippen molar-refractivity contribution in [3.05, 3.63) is 65.5 Å². The molecule has 0 saturated carbocycles. The average Bonchev–Trinajstić information content (AvgIpc) is 2.71. The highest BCUT2D eigenvalue weighted by molar-refractivity contribution is 6.22. The van der Waals surface area contributed by atoms with Gasteiger partial charge in [0.05, 0.1) is 0 Å². The Hall–Kier alpha value is -2.16. The van der Waals surface area contributed by atoms with E-state index in [0.29, 0.717) is 11.1 Å². The molecule has 0 radical (unpaired) electrons. The van der Waals surface area contributed by atoms with Gasteiger partial charge in [-0.25, -0.2) is 0 Å². The summed E-state index contributed by atoms with van der Waals surface area (Å²) < 4.78 is 12.3. The first-order valence-electron chi connectivity index (χ1n) is 6.22.